The molecule has 14 heavy (non-hydrogen) atoms. The highest BCUT2D eigenvalue weighted by atomic mass is 16.1. The Bertz CT molecular complexity index is 410. The summed E-state index contributed by atoms with van der Waals surface area (Å²) in [4.78, 5) is 11.1. The first-order chi connectivity index (χ1) is 6.66. The first kappa shape index (κ1) is 10.2. The number of nitrogens with zero attached hydrogens (tertiary/aromatic N) is 1. The van der Waals surface area contributed by atoms with Crippen molar-refractivity contribution in [1.29, 1.82) is 5.26 Å². The van der Waals surface area contributed by atoms with E-state index in [4.69, 9.17) is 5.26 Å². The van der Waals surface area contributed by atoms with E-state index in [2.05, 4.69) is 0 Å². The summed E-state index contributed by atoms with van der Waals surface area (Å²) in [6, 6.07) is 11.4. The fourth-order valence-electron chi connectivity index (χ4n) is 1.26. The molecular formula is C12H11NO. The Morgan fingerprint density at radius 1 is 1.21 bits per heavy atom. The Morgan fingerprint density at radius 3 is 2.21 bits per heavy atom. The second-order valence-electron chi connectivity index (χ2n) is 3.03. The third-order valence-electron chi connectivity index (χ3n) is 2.05. The molecular weight excluding hydrogens is 174 g/mol. The minimum Gasteiger partial charge on any atom is -0.294 e. The first-order valence-corrected chi connectivity index (χ1v) is 4.34. The summed E-state index contributed by atoms with van der Waals surface area (Å²) in [6.07, 6.45) is 0. The van der Waals surface area contributed by atoms with E-state index in [1.54, 1.807) is 6.92 Å². The lowest BCUT2D eigenvalue weighted by Gasteiger charge is -2.02. The summed E-state index contributed by atoms with van der Waals surface area (Å²) in [5.74, 6) is -0.186. The van der Waals surface area contributed by atoms with Gasteiger partial charge >= 0.3 is 0 Å². The topological polar surface area (TPSA) is 40.9 Å². The second kappa shape index (κ2) is 4.38. The molecule has 0 radical (unpaired) electrons. The van der Waals surface area contributed by atoms with E-state index in [9.17, 15) is 4.79 Å². The number of benzene rings is 1. The van der Waals surface area contributed by atoms with Gasteiger partial charge in [-0.05, 0) is 25.0 Å². The Kier molecular flexibility index (Phi) is 3.19. The predicted molar refractivity (Wildman–Crippen MR) is 55.3 cm³/mol. The van der Waals surface area contributed by atoms with Crippen LogP contribution in [0.25, 0.3) is 5.57 Å². The summed E-state index contributed by atoms with van der Waals surface area (Å²) in [6.45, 7) is 3.19. The zero-order chi connectivity index (χ0) is 10.6. The van der Waals surface area contributed by atoms with E-state index in [1.165, 1.54) is 6.92 Å². The number of Topliss-reactive ketones (excluding diaryl/α,β-unsaturated/α-hetero) is 1. The van der Waals surface area contributed by atoms with Gasteiger partial charge in [0.05, 0.1) is 5.57 Å². The van der Waals surface area contributed by atoms with Gasteiger partial charge in [0.15, 0.2) is 5.78 Å². The molecule has 0 unspecified atom stereocenters. The lowest BCUT2D eigenvalue weighted by Crippen LogP contribution is -1.97. The number of ketones is 1. The van der Waals surface area contributed by atoms with Crippen molar-refractivity contribution >= 4 is 11.4 Å². The van der Waals surface area contributed by atoms with Crippen LogP contribution < -0.4 is 0 Å². The normalized spacial score (nSPS) is 11.5. The van der Waals surface area contributed by atoms with E-state index >= 15 is 0 Å². The van der Waals surface area contributed by atoms with Crippen LogP contribution in [0.3, 0.4) is 0 Å². The van der Waals surface area contributed by atoms with Crippen molar-refractivity contribution in [3.05, 3.63) is 41.5 Å². The van der Waals surface area contributed by atoms with E-state index in [1.807, 2.05) is 36.4 Å². The number of hydrogen-bond donors (Lipinski definition) is 0. The van der Waals surface area contributed by atoms with Gasteiger partial charge in [0.2, 0.25) is 0 Å². The van der Waals surface area contributed by atoms with Gasteiger partial charge in [-0.25, -0.2) is 0 Å². The van der Waals surface area contributed by atoms with Gasteiger partial charge in [-0.2, -0.15) is 5.26 Å². The maximum atomic E-state index is 11.1. The van der Waals surface area contributed by atoms with E-state index in [-0.39, 0.29) is 11.4 Å². The maximum Gasteiger partial charge on any atom is 0.170 e. The Balaban J connectivity index is 3.23. The van der Waals surface area contributed by atoms with Gasteiger partial charge in [-0.3, -0.25) is 4.79 Å². The molecule has 0 saturated heterocycles. The molecule has 1 rings (SSSR count). The van der Waals surface area contributed by atoms with E-state index < -0.39 is 0 Å². The summed E-state index contributed by atoms with van der Waals surface area (Å²) in [5, 5.41) is 8.80. The van der Waals surface area contributed by atoms with E-state index in [0.717, 1.165) is 11.1 Å². The monoisotopic (exact) mass is 185 g/mol. The van der Waals surface area contributed by atoms with Crippen LogP contribution in [0.2, 0.25) is 0 Å². The van der Waals surface area contributed by atoms with Gasteiger partial charge in [0, 0.05) is 0 Å². The van der Waals surface area contributed by atoms with Crippen LogP contribution in [-0.2, 0) is 4.79 Å². The highest BCUT2D eigenvalue weighted by Crippen LogP contribution is 2.17. The third-order valence-corrected chi connectivity index (χ3v) is 2.05. The first-order valence-electron chi connectivity index (χ1n) is 4.34. The van der Waals surface area contributed by atoms with Gasteiger partial charge in [0.25, 0.3) is 0 Å². The molecule has 0 bridgehead atoms. The van der Waals surface area contributed by atoms with Crippen molar-refractivity contribution in [2.75, 3.05) is 0 Å². The summed E-state index contributed by atoms with van der Waals surface area (Å²) in [5.41, 5.74) is 1.89. The predicted octanol–water partition coefficient (Wildman–Crippen LogP) is 2.57. The largest absolute Gasteiger partial charge is 0.294 e. The number of rotatable bonds is 2. The lowest BCUT2D eigenvalue weighted by molar-refractivity contribution is -0.113. The van der Waals surface area contributed by atoms with Crippen LogP contribution in [0.15, 0.2) is 35.9 Å². The number of carbonyl (C=O) groups excluding carboxylic acids is 1. The summed E-state index contributed by atoms with van der Waals surface area (Å²) >= 11 is 0. The van der Waals surface area contributed by atoms with Crippen molar-refractivity contribution in [2.45, 2.75) is 13.8 Å². The molecule has 0 saturated carbocycles. The van der Waals surface area contributed by atoms with E-state index in [0.29, 0.717) is 0 Å². The molecule has 0 aliphatic carbocycles. The molecule has 1 aromatic carbocycles. The molecule has 2 heteroatoms. The molecule has 0 spiro atoms. The lowest BCUT2D eigenvalue weighted by atomic mass is 10.0. The number of hydrogen-bond acceptors (Lipinski definition) is 2. The van der Waals surface area contributed by atoms with Crippen molar-refractivity contribution in [2.24, 2.45) is 0 Å². The minimum absolute atomic E-state index is 0.186. The SMILES string of the molecule is CC(=O)/C(C#N)=C(\C)c1ccccc1. The maximum absolute atomic E-state index is 11.1. The Hall–Kier alpha value is -1.88. The average molecular weight is 185 g/mol. The van der Waals surface area contributed by atoms with Gasteiger partial charge < -0.3 is 0 Å². The molecule has 70 valence electrons. The molecule has 1 aromatic rings. The van der Waals surface area contributed by atoms with Gasteiger partial charge in [-0.1, -0.05) is 30.3 Å². The van der Waals surface area contributed by atoms with Crippen molar-refractivity contribution in [3.8, 4) is 6.07 Å². The van der Waals surface area contributed by atoms with Crippen LogP contribution >= 0.6 is 0 Å². The molecule has 0 aliphatic rings. The zero-order valence-electron chi connectivity index (χ0n) is 8.24. The van der Waals surface area contributed by atoms with Crippen LogP contribution in [-0.4, -0.2) is 5.78 Å². The van der Waals surface area contributed by atoms with Crippen LogP contribution in [0.4, 0.5) is 0 Å². The second-order valence-corrected chi connectivity index (χ2v) is 3.03. The number of allylic oxidation sites excluding steroid dienone is 2. The molecule has 0 amide bonds. The summed E-state index contributed by atoms with van der Waals surface area (Å²) in [7, 11) is 0. The van der Waals surface area contributed by atoms with Gasteiger partial charge in [0.1, 0.15) is 6.07 Å². The smallest absolute Gasteiger partial charge is 0.170 e. The molecule has 0 aromatic heterocycles. The molecule has 0 aliphatic heterocycles. The fraction of sp³-hybridized carbons (Fsp3) is 0.167. The quantitative estimate of drug-likeness (QED) is 0.524. The van der Waals surface area contributed by atoms with Gasteiger partial charge in [-0.15, -0.1) is 0 Å². The van der Waals surface area contributed by atoms with Crippen LogP contribution in [0, 0.1) is 11.3 Å². The molecule has 0 N–H and O–H groups in total. The fourth-order valence-corrected chi connectivity index (χ4v) is 1.26. The van der Waals surface area contributed by atoms with Crippen LogP contribution in [0.1, 0.15) is 19.4 Å². The highest BCUT2D eigenvalue weighted by molar-refractivity contribution is 6.04. The standard InChI is InChI=1S/C12H11NO/c1-9(12(8-13)10(2)14)11-6-4-3-5-7-11/h3-7H,1-2H3/b12-9+. The van der Waals surface area contributed by atoms with Crippen molar-refractivity contribution in [1.82, 2.24) is 0 Å². The van der Waals surface area contributed by atoms with Crippen molar-refractivity contribution in [3.63, 3.8) is 0 Å². The molecule has 2 nitrogen and oxygen atoms in total. The molecule has 0 fully saturated rings. The molecule has 0 heterocycles. The Labute approximate surface area is 83.5 Å². The zero-order valence-corrected chi connectivity index (χ0v) is 8.24. The Morgan fingerprint density at radius 2 is 1.79 bits per heavy atom. The van der Waals surface area contributed by atoms with Crippen molar-refractivity contribution < 1.29 is 4.79 Å². The molecule has 0 atom stereocenters. The third kappa shape index (κ3) is 2.08. The minimum atomic E-state index is -0.186. The number of carbonyl (C=O) groups is 1. The summed E-state index contributed by atoms with van der Waals surface area (Å²) < 4.78 is 0. The van der Waals surface area contributed by atoms with Crippen LogP contribution in [0.5, 0.6) is 0 Å². The number of nitriles is 1. The average Bonchev–Trinajstić information content (AvgIpc) is 2.19. The highest BCUT2D eigenvalue weighted by Gasteiger charge is 2.08.